The van der Waals surface area contributed by atoms with Crippen LogP contribution >= 0.6 is 0 Å². The van der Waals surface area contributed by atoms with Crippen molar-refractivity contribution in [3.05, 3.63) is 59.2 Å². The van der Waals surface area contributed by atoms with Crippen LogP contribution in [-0.4, -0.2) is 54.6 Å². The second-order valence-corrected chi connectivity index (χ2v) is 7.19. The Kier molecular flexibility index (Phi) is 6.31. The van der Waals surface area contributed by atoms with E-state index in [1.54, 1.807) is 30.3 Å². The van der Waals surface area contributed by atoms with Gasteiger partial charge in [0.15, 0.2) is 0 Å². The monoisotopic (exact) mass is 381 g/mol. The summed E-state index contributed by atoms with van der Waals surface area (Å²) < 4.78 is 0. The zero-order chi connectivity index (χ0) is 20.1. The lowest BCUT2D eigenvalue weighted by Crippen LogP contribution is -2.47. The molecule has 148 valence electrons. The molecule has 6 nitrogen and oxygen atoms in total. The van der Waals surface area contributed by atoms with Crippen molar-refractivity contribution in [2.45, 2.75) is 20.3 Å². The fourth-order valence-electron chi connectivity index (χ4n) is 3.50. The van der Waals surface area contributed by atoms with Crippen LogP contribution in [0.15, 0.2) is 42.5 Å². The third-order valence-electron chi connectivity index (χ3n) is 5.05. The van der Waals surface area contributed by atoms with E-state index in [0.717, 1.165) is 44.7 Å². The van der Waals surface area contributed by atoms with Crippen LogP contribution in [0.1, 0.15) is 39.6 Å². The molecular formula is C22H27N3O3. The van der Waals surface area contributed by atoms with E-state index in [1.165, 1.54) is 0 Å². The van der Waals surface area contributed by atoms with Crippen LogP contribution < -0.4 is 10.2 Å². The molecule has 28 heavy (non-hydrogen) atoms. The number of amides is 1. The molecule has 1 aliphatic heterocycles. The lowest BCUT2D eigenvalue weighted by Gasteiger charge is -2.36. The van der Waals surface area contributed by atoms with Crippen LogP contribution in [0.5, 0.6) is 0 Å². The second-order valence-electron chi connectivity index (χ2n) is 7.19. The normalized spacial score (nSPS) is 14.7. The number of hydrogen-bond donors (Lipinski definition) is 2. The average molecular weight is 381 g/mol. The summed E-state index contributed by atoms with van der Waals surface area (Å²) >= 11 is 0. The quantitative estimate of drug-likeness (QED) is 0.801. The van der Waals surface area contributed by atoms with Gasteiger partial charge in [0.05, 0.1) is 11.3 Å². The zero-order valence-corrected chi connectivity index (χ0v) is 16.4. The Bertz CT molecular complexity index is 841. The smallest absolute Gasteiger partial charge is 0.337 e. The number of carbonyl (C=O) groups is 2. The second kappa shape index (κ2) is 8.89. The Morgan fingerprint density at radius 2 is 1.71 bits per heavy atom. The number of nitrogens with one attached hydrogen (secondary N) is 1. The number of rotatable bonds is 6. The summed E-state index contributed by atoms with van der Waals surface area (Å²) in [6.07, 6.45) is 1.12. The van der Waals surface area contributed by atoms with Gasteiger partial charge in [-0.3, -0.25) is 9.69 Å². The lowest BCUT2D eigenvalue weighted by molar-refractivity contribution is 0.0697. The Morgan fingerprint density at radius 1 is 1.04 bits per heavy atom. The van der Waals surface area contributed by atoms with Crippen molar-refractivity contribution in [2.24, 2.45) is 0 Å². The van der Waals surface area contributed by atoms with Crippen LogP contribution in [0.3, 0.4) is 0 Å². The number of anilines is 2. The van der Waals surface area contributed by atoms with Crippen molar-refractivity contribution in [1.29, 1.82) is 0 Å². The molecule has 6 heteroatoms. The van der Waals surface area contributed by atoms with Gasteiger partial charge in [0, 0.05) is 37.4 Å². The Hall–Kier alpha value is -2.86. The maximum atomic E-state index is 12.4. The molecule has 1 saturated heterocycles. The summed E-state index contributed by atoms with van der Waals surface area (Å²) in [6.45, 7) is 8.66. The van der Waals surface area contributed by atoms with Gasteiger partial charge in [-0.1, -0.05) is 24.6 Å². The third-order valence-corrected chi connectivity index (χ3v) is 5.05. The number of carbonyl (C=O) groups excluding carboxylic acids is 1. The maximum absolute atomic E-state index is 12.4. The fraction of sp³-hybridized carbons (Fsp3) is 0.364. The van der Waals surface area contributed by atoms with E-state index in [0.29, 0.717) is 16.9 Å². The van der Waals surface area contributed by atoms with E-state index in [-0.39, 0.29) is 11.5 Å². The van der Waals surface area contributed by atoms with Gasteiger partial charge in [-0.2, -0.15) is 0 Å². The van der Waals surface area contributed by atoms with Crippen LogP contribution in [0, 0.1) is 6.92 Å². The molecule has 1 heterocycles. The molecule has 0 aliphatic carbocycles. The number of benzene rings is 2. The maximum Gasteiger partial charge on any atom is 0.337 e. The Morgan fingerprint density at radius 3 is 2.32 bits per heavy atom. The van der Waals surface area contributed by atoms with Crippen LogP contribution in [0.2, 0.25) is 0 Å². The highest BCUT2D eigenvalue weighted by atomic mass is 16.4. The number of hydrogen-bond acceptors (Lipinski definition) is 4. The number of piperazine rings is 1. The molecule has 2 aromatic carbocycles. The molecule has 3 rings (SSSR count). The SMILES string of the molecule is CCCN1CCN(c2ccc(NC(=O)c3ccc(C)cc3)cc2C(=O)O)CC1. The molecule has 0 atom stereocenters. The molecule has 0 radical (unpaired) electrons. The largest absolute Gasteiger partial charge is 0.478 e. The van der Waals surface area contributed by atoms with Gasteiger partial charge >= 0.3 is 5.97 Å². The van der Waals surface area contributed by atoms with Crippen molar-refractivity contribution in [1.82, 2.24) is 4.90 Å². The van der Waals surface area contributed by atoms with Gasteiger partial charge in [0.2, 0.25) is 0 Å². The fourth-order valence-corrected chi connectivity index (χ4v) is 3.50. The van der Waals surface area contributed by atoms with Gasteiger partial charge in [-0.05, 0) is 50.2 Å². The van der Waals surface area contributed by atoms with Crippen molar-refractivity contribution < 1.29 is 14.7 Å². The van der Waals surface area contributed by atoms with E-state index < -0.39 is 5.97 Å². The number of aromatic carboxylic acids is 1. The molecule has 1 fully saturated rings. The Labute approximate surface area is 165 Å². The molecule has 0 saturated carbocycles. The molecule has 0 bridgehead atoms. The van der Waals surface area contributed by atoms with E-state index >= 15 is 0 Å². The first kappa shape index (κ1) is 19.9. The molecule has 0 spiro atoms. The van der Waals surface area contributed by atoms with E-state index in [4.69, 9.17) is 0 Å². The molecule has 1 aliphatic rings. The van der Waals surface area contributed by atoms with Gasteiger partial charge in [0.25, 0.3) is 5.91 Å². The summed E-state index contributed by atoms with van der Waals surface area (Å²) in [5, 5.41) is 12.5. The minimum atomic E-state index is -0.988. The molecule has 1 amide bonds. The molecular weight excluding hydrogens is 354 g/mol. The summed E-state index contributed by atoms with van der Waals surface area (Å²) in [4.78, 5) is 28.8. The van der Waals surface area contributed by atoms with E-state index in [1.807, 2.05) is 19.1 Å². The molecule has 0 aromatic heterocycles. The predicted octanol–water partition coefficient (Wildman–Crippen LogP) is 3.48. The highest BCUT2D eigenvalue weighted by Gasteiger charge is 2.21. The predicted molar refractivity (Wildman–Crippen MR) is 111 cm³/mol. The molecule has 2 aromatic rings. The van der Waals surface area contributed by atoms with Gasteiger partial charge in [0.1, 0.15) is 0 Å². The van der Waals surface area contributed by atoms with Crippen LogP contribution in [0.4, 0.5) is 11.4 Å². The standard InChI is InChI=1S/C22H27N3O3/c1-3-10-24-11-13-25(14-12-24)20-9-8-18(15-19(20)22(27)28)23-21(26)17-6-4-16(2)5-7-17/h4-9,15H,3,10-14H2,1-2H3,(H,23,26)(H,27,28). The number of carboxylic acids is 1. The first-order valence-electron chi connectivity index (χ1n) is 9.70. The van der Waals surface area contributed by atoms with Gasteiger partial charge in [-0.15, -0.1) is 0 Å². The molecule has 2 N–H and O–H groups in total. The topological polar surface area (TPSA) is 72.9 Å². The third kappa shape index (κ3) is 4.70. The Balaban J connectivity index is 1.75. The zero-order valence-electron chi connectivity index (χ0n) is 16.4. The highest BCUT2D eigenvalue weighted by Crippen LogP contribution is 2.26. The minimum Gasteiger partial charge on any atom is -0.478 e. The van der Waals surface area contributed by atoms with E-state index in [2.05, 4.69) is 22.0 Å². The van der Waals surface area contributed by atoms with Crippen molar-refractivity contribution in [3.63, 3.8) is 0 Å². The summed E-state index contributed by atoms with van der Waals surface area (Å²) in [5.74, 6) is -1.24. The summed E-state index contributed by atoms with van der Waals surface area (Å²) in [5.41, 5.74) is 3.02. The number of carboxylic acid groups (broad SMARTS) is 1. The molecule has 0 unspecified atom stereocenters. The van der Waals surface area contributed by atoms with Gasteiger partial charge < -0.3 is 15.3 Å². The summed E-state index contributed by atoms with van der Waals surface area (Å²) in [7, 11) is 0. The first-order chi connectivity index (χ1) is 13.5. The van der Waals surface area contributed by atoms with Crippen molar-refractivity contribution in [2.75, 3.05) is 42.9 Å². The number of nitrogens with zero attached hydrogens (tertiary/aromatic N) is 2. The highest BCUT2D eigenvalue weighted by molar-refractivity contribution is 6.05. The average Bonchev–Trinajstić information content (AvgIpc) is 2.69. The number of aryl methyl sites for hydroxylation is 1. The lowest BCUT2D eigenvalue weighted by atomic mass is 10.1. The van der Waals surface area contributed by atoms with E-state index in [9.17, 15) is 14.7 Å². The summed E-state index contributed by atoms with van der Waals surface area (Å²) in [6, 6.07) is 12.4. The van der Waals surface area contributed by atoms with Crippen LogP contribution in [0.25, 0.3) is 0 Å². The van der Waals surface area contributed by atoms with Crippen molar-refractivity contribution in [3.8, 4) is 0 Å². The van der Waals surface area contributed by atoms with Crippen LogP contribution in [-0.2, 0) is 0 Å². The first-order valence-corrected chi connectivity index (χ1v) is 9.70. The van der Waals surface area contributed by atoms with Crippen molar-refractivity contribution >= 4 is 23.3 Å². The minimum absolute atomic E-state index is 0.214. The van der Waals surface area contributed by atoms with Gasteiger partial charge in [-0.25, -0.2) is 4.79 Å².